The summed E-state index contributed by atoms with van der Waals surface area (Å²) in [6, 6.07) is 13.0. The molecule has 130 valence electrons. The molecule has 0 saturated heterocycles. The second-order valence-corrected chi connectivity index (χ2v) is 5.97. The zero-order chi connectivity index (χ0) is 17.8. The van der Waals surface area contributed by atoms with Gasteiger partial charge in [-0.25, -0.2) is 4.39 Å². The van der Waals surface area contributed by atoms with E-state index in [4.69, 9.17) is 4.74 Å². The molecule has 0 bridgehead atoms. The smallest absolute Gasteiger partial charge is 0.228 e. The Hall–Kier alpha value is -2.89. The van der Waals surface area contributed by atoms with E-state index < -0.39 is 0 Å². The van der Waals surface area contributed by atoms with Gasteiger partial charge in [0.1, 0.15) is 11.6 Å². The molecule has 6 heteroatoms. The van der Waals surface area contributed by atoms with Crippen LogP contribution in [0, 0.1) is 17.7 Å². The van der Waals surface area contributed by atoms with Crippen LogP contribution in [-0.4, -0.2) is 18.9 Å². The Bertz CT molecular complexity index is 776. The molecule has 0 spiro atoms. The van der Waals surface area contributed by atoms with Crippen molar-refractivity contribution in [3.8, 4) is 5.75 Å². The van der Waals surface area contributed by atoms with Gasteiger partial charge in [-0.2, -0.15) is 0 Å². The summed E-state index contributed by atoms with van der Waals surface area (Å²) in [5.41, 5.74) is 1.40. The molecule has 2 aromatic rings. The van der Waals surface area contributed by atoms with Crippen molar-refractivity contribution in [3.63, 3.8) is 0 Å². The maximum absolute atomic E-state index is 12.9. The number of halogens is 1. The number of methoxy groups -OCH3 is 1. The van der Waals surface area contributed by atoms with E-state index in [1.54, 1.807) is 7.11 Å². The fraction of sp³-hybridized carbons (Fsp3) is 0.263. The van der Waals surface area contributed by atoms with Crippen molar-refractivity contribution in [1.29, 1.82) is 0 Å². The molecule has 2 unspecified atom stereocenters. The van der Waals surface area contributed by atoms with E-state index in [1.165, 1.54) is 24.3 Å². The molecule has 25 heavy (non-hydrogen) atoms. The van der Waals surface area contributed by atoms with Gasteiger partial charge in [-0.05, 0) is 36.8 Å². The third-order valence-corrected chi connectivity index (χ3v) is 4.22. The van der Waals surface area contributed by atoms with Gasteiger partial charge in [-0.15, -0.1) is 0 Å². The summed E-state index contributed by atoms with van der Waals surface area (Å²) < 4.78 is 18.1. The molecule has 0 radical (unpaired) electrons. The lowest BCUT2D eigenvalue weighted by Crippen LogP contribution is -2.27. The SMILES string of the molecule is COc1ccccc1CNC(=O)C1CC1C(=O)Nc1ccc(F)cc1. The van der Waals surface area contributed by atoms with E-state index in [-0.39, 0.29) is 29.5 Å². The summed E-state index contributed by atoms with van der Waals surface area (Å²) in [5.74, 6) is -0.686. The van der Waals surface area contributed by atoms with Crippen LogP contribution in [0.15, 0.2) is 48.5 Å². The Kier molecular flexibility index (Phi) is 4.97. The Balaban J connectivity index is 1.50. The van der Waals surface area contributed by atoms with Crippen molar-refractivity contribution >= 4 is 17.5 Å². The van der Waals surface area contributed by atoms with Gasteiger partial charge in [0.25, 0.3) is 0 Å². The van der Waals surface area contributed by atoms with Crippen molar-refractivity contribution in [3.05, 3.63) is 59.9 Å². The van der Waals surface area contributed by atoms with Crippen LogP contribution in [0.1, 0.15) is 12.0 Å². The summed E-state index contributed by atoms with van der Waals surface area (Å²) >= 11 is 0. The molecule has 1 saturated carbocycles. The molecule has 0 heterocycles. The summed E-state index contributed by atoms with van der Waals surface area (Å²) in [4.78, 5) is 24.4. The first-order valence-corrected chi connectivity index (χ1v) is 8.04. The Labute approximate surface area is 145 Å². The zero-order valence-electron chi connectivity index (χ0n) is 13.8. The molecule has 2 aromatic carbocycles. The lowest BCUT2D eigenvalue weighted by Gasteiger charge is -2.09. The van der Waals surface area contributed by atoms with E-state index in [1.807, 2.05) is 24.3 Å². The monoisotopic (exact) mass is 342 g/mol. The molecular formula is C19H19FN2O3. The Morgan fingerprint density at radius 3 is 2.48 bits per heavy atom. The highest BCUT2D eigenvalue weighted by Gasteiger charge is 2.47. The van der Waals surface area contributed by atoms with Gasteiger partial charge in [-0.1, -0.05) is 18.2 Å². The highest BCUT2D eigenvalue weighted by Crippen LogP contribution is 2.39. The molecule has 1 fully saturated rings. The molecule has 1 aliphatic rings. The number of anilines is 1. The van der Waals surface area contributed by atoms with Crippen LogP contribution in [0.5, 0.6) is 5.75 Å². The minimum Gasteiger partial charge on any atom is -0.496 e. The molecule has 2 amide bonds. The largest absolute Gasteiger partial charge is 0.496 e. The van der Waals surface area contributed by atoms with E-state index in [0.717, 1.165) is 5.56 Å². The molecule has 0 aliphatic heterocycles. The maximum atomic E-state index is 12.9. The second-order valence-electron chi connectivity index (χ2n) is 5.97. The minimum atomic E-state index is -0.363. The van der Waals surface area contributed by atoms with E-state index >= 15 is 0 Å². The number of hydrogen-bond acceptors (Lipinski definition) is 3. The van der Waals surface area contributed by atoms with Crippen molar-refractivity contribution < 1.29 is 18.7 Å². The topological polar surface area (TPSA) is 67.4 Å². The molecule has 0 aromatic heterocycles. The molecular weight excluding hydrogens is 323 g/mol. The maximum Gasteiger partial charge on any atom is 0.228 e. The van der Waals surface area contributed by atoms with Gasteiger partial charge in [0.15, 0.2) is 0 Å². The average Bonchev–Trinajstić information content (AvgIpc) is 3.43. The average molecular weight is 342 g/mol. The number of nitrogens with one attached hydrogen (secondary N) is 2. The molecule has 5 nitrogen and oxygen atoms in total. The number of benzene rings is 2. The quantitative estimate of drug-likeness (QED) is 0.848. The first-order chi connectivity index (χ1) is 12.1. The summed E-state index contributed by atoms with van der Waals surface area (Å²) in [6.45, 7) is 0.353. The van der Waals surface area contributed by atoms with Crippen molar-refractivity contribution in [2.75, 3.05) is 12.4 Å². The zero-order valence-corrected chi connectivity index (χ0v) is 13.8. The normalized spacial score (nSPS) is 18.3. The van der Waals surface area contributed by atoms with Crippen LogP contribution in [0.25, 0.3) is 0 Å². The van der Waals surface area contributed by atoms with Gasteiger partial charge >= 0.3 is 0 Å². The standard InChI is InChI=1S/C19H19FN2O3/c1-25-17-5-3-2-4-12(17)11-21-18(23)15-10-16(15)19(24)22-14-8-6-13(20)7-9-14/h2-9,15-16H,10-11H2,1H3,(H,21,23)(H,22,24). The third kappa shape index (κ3) is 4.15. The highest BCUT2D eigenvalue weighted by atomic mass is 19.1. The Morgan fingerprint density at radius 1 is 1.08 bits per heavy atom. The predicted molar refractivity (Wildman–Crippen MR) is 91.5 cm³/mol. The second kappa shape index (κ2) is 7.34. The number of rotatable bonds is 6. The number of hydrogen-bond donors (Lipinski definition) is 2. The van der Waals surface area contributed by atoms with Crippen molar-refractivity contribution in [2.24, 2.45) is 11.8 Å². The van der Waals surface area contributed by atoms with E-state index in [0.29, 0.717) is 24.4 Å². The molecule has 1 aliphatic carbocycles. The first kappa shape index (κ1) is 17.0. The van der Waals surface area contributed by atoms with Crippen molar-refractivity contribution in [2.45, 2.75) is 13.0 Å². The van der Waals surface area contributed by atoms with Gasteiger partial charge in [0.2, 0.25) is 11.8 Å². The van der Waals surface area contributed by atoms with Crippen LogP contribution in [0.2, 0.25) is 0 Å². The summed E-state index contributed by atoms with van der Waals surface area (Å²) in [6.07, 6.45) is 0.519. The minimum absolute atomic E-state index is 0.148. The molecule has 2 N–H and O–H groups in total. The van der Waals surface area contributed by atoms with Gasteiger partial charge in [-0.3, -0.25) is 9.59 Å². The number of para-hydroxylation sites is 1. The first-order valence-electron chi connectivity index (χ1n) is 8.04. The lowest BCUT2D eigenvalue weighted by atomic mass is 10.2. The van der Waals surface area contributed by atoms with Crippen LogP contribution < -0.4 is 15.4 Å². The van der Waals surface area contributed by atoms with Crippen LogP contribution in [-0.2, 0) is 16.1 Å². The Morgan fingerprint density at radius 2 is 1.76 bits per heavy atom. The molecule has 2 atom stereocenters. The third-order valence-electron chi connectivity index (χ3n) is 4.22. The van der Waals surface area contributed by atoms with E-state index in [2.05, 4.69) is 10.6 Å². The van der Waals surface area contributed by atoms with Gasteiger partial charge in [0.05, 0.1) is 18.9 Å². The number of ether oxygens (including phenoxy) is 1. The molecule has 3 rings (SSSR count). The fourth-order valence-electron chi connectivity index (χ4n) is 2.71. The van der Waals surface area contributed by atoms with Crippen LogP contribution in [0.3, 0.4) is 0 Å². The van der Waals surface area contributed by atoms with Crippen LogP contribution in [0.4, 0.5) is 10.1 Å². The summed E-state index contributed by atoms with van der Waals surface area (Å²) in [7, 11) is 1.58. The lowest BCUT2D eigenvalue weighted by molar-refractivity contribution is -0.125. The van der Waals surface area contributed by atoms with Gasteiger partial charge in [0, 0.05) is 17.8 Å². The van der Waals surface area contributed by atoms with Crippen LogP contribution >= 0.6 is 0 Å². The van der Waals surface area contributed by atoms with E-state index in [9.17, 15) is 14.0 Å². The number of amides is 2. The summed E-state index contributed by atoms with van der Waals surface area (Å²) in [5, 5.41) is 5.55. The predicted octanol–water partition coefficient (Wildman–Crippen LogP) is 2.73. The fourth-order valence-corrected chi connectivity index (χ4v) is 2.71. The highest BCUT2D eigenvalue weighted by molar-refractivity contribution is 5.99. The van der Waals surface area contributed by atoms with Gasteiger partial charge < -0.3 is 15.4 Å². The van der Waals surface area contributed by atoms with Crippen molar-refractivity contribution in [1.82, 2.24) is 5.32 Å². The number of carbonyl (C=O) groups is 2. The number of carbonyl (C=O) groups excluding carboxylic acids is 2.